The number of benzene rings is 8. The van der Waals surface area contributed by atoms with E-state index in [9.17, 15) is 11.0 Å². The van der Waals surface area contributed by atoms with Crippen LogP contribution < -0.4 is 0 Å². The molecule has 0 N–H and O–H groups in total. The molecule has 11 rings (SSSR count). The third kappa shape index (κ3) is 5.37. The van der Waals surface area contributed by atoms with E-state index in [4.69, 9.17) is 37.3 Å². The van der Waals surface area contributed by atoms with Crippen LogP contribution in [0, 0.1) is 0 Å². The summed E-state index contributed by atoms with van der Waals surface area (Å²) in [6, 6.07) is -30.1. The van der Waals surface area contributed by atoms with Gasteiger partial charge in [0, 0.05) is 49.5 Å². The number of hydrogen-bond donors (Lipinski definition) is 0. The first-order valence-electron chi connectivity index (χ1n) is 32.2. The molecule has 5 nitrogen and oxygen atoms in total. The summed E-state index contributed by atoms with van der Waals surface area (Å²) >= 11 is 0. The second-order valence-corrected chi connectivity index (χ2v) is 11.6. The average molecular weight is 749 g/mol. The van der Waals surface area contributed by atoms with Crippen LogP contribution in [0.5, 0.6) is 0 Å². The summed E-state index contributed by atoms with van der Waals surface area (Å²) in [5.41, 5.74) is -9.14. The van der Waals surface area contributed by atoms with E-state index in [0.717, 1.165) is 0 Å². The van der Waals surface area contributed by atoms with Crippen LogP contribution in [0.4, 0.5) is 0 Å². The van der Waals surface area contributed by atoms with Gasteiger partial charge in [-0.1, -0.05) is 157 Å². The van der Waals surface area contributed by atoms with Crippen LogP contribution in [0.3, 0.4) is 0 Å². The molecule has 3 heterocycles. The van der Waals surface area contributed by atoms with Crippen molar-refractivity contribution in [3.05, 3.63) is 193 Å². The summed E-state index contributed by atoms with van der Waals surface area (Å²) in [7, 11) is 0. The van der Waals surface area contributed by atoms with Gasteiger partial charge in [-0.2, -0.15) is 0 Å². The summed E-state index contributed by atoms with van der Waals surface area (Å²) in [4.78, 5) is 12.9. The fraction of sp³-hybridized carbons (Fsp3) is 0. The molecule has 0 fully saturated rings. The number of para-hydroxylation sites is 3. The summed E-state index contributed by atoms with van der Waals surface area (Å²) in [5.74, 6) is -2.79. The smallest absolute Gasteiger partial charge is 0.164 e. The molecule has 0 aliphatic carbocycles. The quantitative estimate of drug-likeness (QED) is 0.170. The standard InChI is InChI=1S/C51H32N4O/c1-3-13-34(14-4-1)40-21-12-22-44-43-30-29-38(32-47(43)56-48(40)44)51-53-49(35-15-5-2-6-16-35)52-50(54-51)36-27-25-33(26-28-36)37-17-11-18-39(31-37)55-45-23-9-7-19-41(45)42-20-8-10-24-46(42)55/h1-32H/i1D,2D,3D,4D,5D,6D,7D,8D,9D,10D,11D,12D,13D,14D,15D,16D,17D,18D,19D,20D,21D,22D,23D,24D,25D,26D,27D,28D,29D,30D,31D,32D. The molecule has 5 heteroatoms. The molecule has 262 valence electrons. The number of nitrogens with zero attached hydrogens (tertiary/aromatic N) is 4. The topological polar surface area (TPSA) is 56.7 Å². The Morgan fingerprint density at radius 2 is 0.893 bits per heavy atom. The zero-order valence-corrected chi connectivity index (χ0v) is 27.7. The Morgan fingerprint density at radius 1 is 0.375 bits per heavy atom. The van der Waals surface area contributed by atoms with Crippen molar-refractivity contribution in [2.24, 2.45) is 0 Å². The molecular weight excluding hydrogens is 685 g/mol. The normalized spacial score (nSPS) is 19.6. The van der Waals surface area contributed by atoms with Gasteiger partial charge < -0.3 is 8.98 Å². The van der Waals surface area contributed by atoms with Crippen molar-refractivity contribution in [3.8, 4) is 62.1 Å². The van der Waals surface area contributed by atoms with Crippen molar-refractivity contribution in [2.45, 2.75) is 0 Å². The van der Waals surface area contributed by atoms with Gasteiger partial charge in [0.05, 0.1) is 54.9 Å². The van der Waals surface area contributed by atoms with Gasteiger partial charge in [0.1, 0.15) is 11.2 Å². The van der Waals surface area contributed by atoms with Gasteiger partial charge in [-0.25, -0.2) is 15.0 Å². The van der Waals surface area contributed by atoms with Gasteiger partial charge in [-0.3, -0.25) is 0 Å². The Morgan fingerprint density at radius 3 is 1.59 bits per heavy atom. The van der Waals surface area contributed by atoms with Gasteiger partial charge in [0.2, 0.25) is 0 Å². The van der Waals surface area contributed by atoms with Gasteiger partial charge in [0.25, 0.3) is 0 Å². The minimum atomic E-state index is -1.15. The lowest BCUT2D eigenvalue weighted by atomic mass is 10.0. The van der Waals surface area contributed by atoms with Crippen molar-refractivity contribution in [1.82, 2.24) is 19.5 Å². The molecule has 11 aromatic rings. The Kier molecular flexibility index (Phi) is 3.10. The molecule has 3 aromatic heterocycles. The maximum Gasteiger partial charge on any atom is 0.164 e. The number of furan rings is 1. The molecule has 8 aromatic carbocycles. The monoisotopic (exact) mass is 748 g/mol. The Bertz CT molecular complexity index is 4970. The fourth-order valence-corrected chi connectivity index (χ4v) is 5.92. The van der Waals surface area contributed by atoms with E-state index in [1.165, 1.54) is 0 Å². The largest absolute Gasteiger partial charge is 0.455 e. The molecule has 0 aliphatic heterocycles. The van der Waals surface area contributed by atoms with Crippen LogP contribution >= 0.6 is 0 Å². The minimum Gasteiger partial charge on any atom is -0.455 e. The summed E-state index contributed by atoms with van der Waals surface area (Å²) in [6.45, 7) is 0. The van der Waals surface area contributed by atoms with Crippen molar-refractivity contribution < 1.29 is 48.3 Å². The highest BCUT2D eigenvalue weighted by Gasteiger charge is 2.17. The second-order valence-electron chi connectivity index (χ2n) is 11.6. The lowest BCUT2D eigenvalue weighted by Crippen LogP contribution is -2.00. The summed E-state index contributed by atoms with van der Waals surface area (Å²) < 4.78 is 291. The van der Waals surface area contributed by atoms with Crippen LogP contribution in [-0.4, -0.2) is 19.5 Å². The first-order chi connectivity index (χ1) is 41.1. The number of fused-ring (bicyclic) bond motifs is 6. The van der Waals surface area contributed by atoms with Crippen molar-refractivity contribution >= 4 is 43.7 Å². The second kappa shape index (κ2) is 13.0. The van der Waals surface area contributed by atoms with Crippen LogP contribution in [-0.2, 0) is 0 Å². The van der Waals surface area contributed by atoms with Crippen molar-refractivity contribution in [2.75, 3.05) is 0 Å². The lowest BCUT2D eigenvalue weighted by Gasteiger charge is -2.11. The Labute approximate surface area is 367 Å². The summed E-state index contributed by atoms with van der Waals surface area (Å²) in [6.07, 6.45) is 0. The first-order valence-corrected chi connectivity index (χ1v) is 16.2. The zero-order valence-electron chi connectivity index (χ0n) is 59.7. The number of rotatable bonds is 6. The van der Waals surface area contributed by atoms with E-state index in [1.54, 1.807) is 0 Å². The van der Waals surface area contributed by atoms with Gasteiger partial charge in [-0.05, 0) is 52.9 Å². The van der Waals surface area contributed by atoms with E-state index in [1.807, 2.05) is 0 Å². The third-order valence-corrected chi connectivity index (χ3v) is 8.36. The van der Waals surface area contributed by atoms with E-state index in [0.29, 0.717) is 4.57 Å². The van der Waals surface area contributed by atoms with Gasteiger partial charge in [-0.15, -0.1) is 0 Å². The van der Waals surface area contributed by atoms with E-state index < -0.39 is 299 Å². The van der Waals surface area contributed by atoms with Crippen molar-refractivity contribution in [1.29, 1.82) is 0 Å². The number of aromatic nitrogens is 4. The lowest BCUT2D eigenvalue weighted by molar-refractivity contribution is 0.670. The summed E-state index contributed by atoms with van der Waals surface area (Å²) in [5, 5.41) is -2.05. The predicted octanol–water partition coefficient (Wildman–Crippen LogP) is 13.2. The van der Waals surface area contributed by atoms with E-state index in [2.05, 4.69) is 15.0 Å². The Balaban J connectivity index is 1.22. The molecular formula is C51H32N4O. The van der Waals surface area contributed by atoms with Crippen LogP contribution in [0.15, 0.2) is 198 Å². The van der Waals surface area contributed by atoms with Crippen LogP contribution in [0.1, 0.15) is 43.9 Å². The molecule has 0 saturated carbocycles. The highest BCUT2D eigenvalue weighted by Crippen LogP contribution is 2.38. The maximum atomic E-state index is 9.64. The molecule has 0 atom stereocenters. The molecule has 0 bridgehead atoms. The number of hydrogen-bond acceptors (Lipinski definition) is 4. The molecule has 0 saturated heterocycles. The van der Waals surface area contributed by atoms with Crippen LogP contribution in [0.25, 0.3) is 106 Å². The molecule has 0 amide bonds. The molecule has 0 unspecified atom stereocenters. The van der Waals surface area contributed by atoms with Gasteiger partial charge >= 0.3 is 0 Å². The average Bonchev–Trinajstić information content (AvgIpc) is 1.45. The third-order valence-electron chi connectivity index (χ3n) is 8.36. The van der Waals surface area contributed by atoms with Gasteiger partial charge in [0.15, 0.2) is 17.5 Å². The molecule has 0 spiro atoms. The molecule has 0 aliphatic rings. The van der Waals surface area contributed by atoms with E-state index in [-0.39, 0.29) is 0 Å². The van der Waals surface area contributed by atoms with E-state index >= 15 is 0 Å². The maximum absolute atomic E-state index is 9.64. The predicted molar refractivity (Wildman–Crippen MR) is 229 cm³/mol. The molecule has 56 heavy (non-hydrogen) atoms. The van der Waals surface area contributed by atoms with Crippen LogP contribution in [0.2, 0.25) is 0 Å². The van der Waals surface area contributed by atoms with Crippen molar-refractivity contribution in [3.63, 3.8) is 0 Å². The highest BCUT2D eigenvalue weighted by atomic mass is 16.3. The Hall–Kier alpha value is -7.63. The zero-order chi connectivity index (χ0) is 64.9. The SMILES string of the molecule is [2H]c1c([2H])c([2H])c(-c2nc(-c3c([2H])c([2H])c(-c4c([2H])c([2H])c([2H])c(-n5c6c([2H])c([2H])c([2H])c([2H])c6c6c([2H])c([2H])c([2H])c([2H])c65)c4[2H])c([2H])c3[2H])nc(-c3c([2H])c([2H])c4c(oc5c(-c6c([2H])c([2H])c([2H])c([2H])c6[2H])c([2H])c([2H])c([2H])c54)c3[2H])n2)c([2H])c1[2H]. The first kappa shape index (κ1) is 13.3. The molecule has 0 radical (unpaired) electrons. The highest BCUT2D eigenvalue weighted by molar-refractivity contribution is 6.11. The minimum absolute atomic E-state index is 0.497. The fourth-order valence-electron chi connectivity index (χ4n) is 5.92.